The SMILES string of the molecule is CCCCCCCCCCCCCCCC(CC)[S+]([O-])c1cc2ccccc2c(N=Nc2ccc(OC)cc2)c1O. The first-order valence-corrected chi connectivity index (χ1v) is 17.0. The highest BCUT2D eigenvalue weighted by Gasteiger charge is 2.28. The minimum atomic E-state index is -1.34. The molecular weight excluding hydrogens is 528 g/mol. The predicted octanol–water partition coefficient (Wildman–Crippen LogP) is 11.3. The van der Waals surface area contributed by atoms with E-state index in [0.29, 0.717) is 16.3 Å². The average molecular weight is 579 g/mol. The number of benzene rings is 3. The molecule has 0 aliphatic carbocycles. The zero-order chi connectivity index (χ0) is 29.3. The average Bonchev–Trinajstić information content (AvgIpc) is 3.00. The summed E-state index contributed by atoms with van der Waals surface area (Å²) in [6.45, 7) is 4.36. The largest absolute Gasteiger partial charge is 0.611 e. The lowest BCUT2D eigenvalue weighted by Crippen LogP contribution is -2.21. The van der Waals surface area contributed by atoms with E-state index in [0.717, 1.165) is 35.8 Å². The number of hydrogen-bond donors (Lipinski definition) is 1. The van der Waals surface area contributed by atoms with Gasteiger partial charge in [-0.05, 0) is 60.1 Å². The first kappa shape index (κ1) is 32.9. The van der Waals surface area contributed by atoms with Crippen LogP contribution in [0.2, 0.25) is 0 Å². The molecule has 0 saturated heterocycles. The van der Waals surface area contributed by atoms with Crippen LogP contribution in [0.3, 0.4) is 0 Å². The zero-order valence-corrected chi connectivity index (χ0v) is 26.3. The van der Waals surface area contributed by atoms with E-state index in [1.807, 2.05) is 54.6 Å². The van der Waals surface area contributed by atoms with Gasteiger partial charge in [-0.2, -0.15) is 5.11 Å². The van der Waals surface area contributed by atoms with E-state index in [-0.39, 0.29) is 11.0 Å². The molecule has 3 aromatic rings. The van der Waals surface area contributed by atoms with Crippen LogP contribution >= 0.6 is 0 Å². The molecule has 224 valence electrons. The summed E-state index contributed by atoms with van der Waals surface area (Å²) in [7, 11) is 1.62. The van der Waals surface area contributed by atoms with Crippen molar-refractivity contribution in [3.05, 3.63) is 54.6 Å². The van der Waals surface area contributed by atoms with Gasteiger partial charge in [0.15, 0.2) is 10.6 Å². The van der Waals surface area contributed by atoms with Crippen molar-refractivity contribution in [2.45, 2.75) is 120 Å². The summed E-state index contributed by atoms with van der Waals surface area (Å²) < 4.78 is 19.0. The first-order chi connectivity index (χ1) is 20.1. The third-order valence-electron chi connectivity index (χ3n) is 7.90. The Kier molecular flexibility index (Phi) is 15.1. The molecule has 0 aliphatic rings. The first-order valence-electron chi connectivity index (χ1n) is 15.8. The van der Waals surface area contributed by atoms with Gasteiger partial charge in [0, 0.05) is 11.5 Å². The Bertz CT molecular complexity index is 1180. The molecule has 3 rings (SSSR count). The predicted molar refractivity (Wildman–Crippen MR) is 174 cm³/mol. The van der Waals surface area contributed by atoms with Crippen molar-refractivity contribution in [2.75, 3.05) is 7.11 Å². The van der Waals surface area contributed by atoms with Gasteiger partial charge in [0.2, 0.25) is 0 Å². The topological polar surface area (TPSA) is 77.2 Å². The minimum absolute atomic E-state index is 0.00106. The summed E-state index contributed by atoms with van der Waals surface area (Å²) in [5.41, 5.74) is 1.01. The van der Waals surface area contributed by atoms with Crippen LogP contribution in [0.1, 0.15) is 110 Å². The van der Waals surface area contributed by atoms with E-state index in [1.54, 1.807) is 7.11 Å². The molecule has 0 heterocycles. The fourth-order valence-electron chi connectivity index (χ4n) is 5.34. The van der Waals surface area contributed by atoms with Crippen molar-refractivity contribution in [3.8, 4) is 11.5 Å². The number of azo groups is 1. The van der Waals surface area contributed by atoms with Gasteiger partial charge in [0.25, 0.3) is 0 Å². The number of rotatable bonds is 20. The Balaban J connectivity index is 1.54. The lowest BCUT2D eigenvalue weighted by Gasteiger charge is -2.22. The van der Waals surface area contributed by atoms with E-state index in [4.69, 9.17) is 4.74 Å². The van der Waals surface area contributed by atoms with Crippen LogP contribution in [0, 0.1) is 0 Å². The van der Waals surface area contributed by atoms with Crippen LogP contribution in [0.25, 0.3) is 10.8 Å². The van der Waals surface area contributed by atoms with Crippen LogP contribution in [0.5, 0.6) is 11.5 Å². The zero-order valence-electron chi connectivity index (χ0n) is 25.4. The lowest BCUT2D eigenvalue weighted by molar-refractivity contribution is 0.415. The Hall–Kier alpha value is -2.57. The van der Waals surface area contributed by atoms with Gasteiger partial charge in [-0.1, -0.05) is 115 Å². The second-order valence-electron chi connectivity index (χ2n) is 11.1. The van der Waals surface area contributed by atoms with Crippen molar-refractivity contribution in [2.24, 2.45) is 10.2 Å². The number of unbranched alkanes of at least 4 members (excludes halogenated alkanes) is 12. The number of fused-ring (bicyclic) bond motifs is 1. The Morgan fingerprint density at radius 3 is 1.95 bits per heavy atom. The van der Waals surface area contributed by atoms with Crippen molar-refractivity contribution in [1.82, 2.24) is 0 Å². The van der Waals surface area contributed by atoms with Gasteiger partial charge in [-0.25, -0.2) is 0 Å². The molecule has 2 unspecified atom stereocenters. The van der Waals surface area contributed by atoms with Crippen molar-refractivity contribution < 1.29 is 14.4 Å². The molecule has 0 saturated carbocycles. The summed E-state index contributed by atoms with van der Waals surface area (Å²) in [5, 5.41) is 21.7. The smallest absolute Gasteiger partial charge is 0.200 e. The highest BCUT2D eigenvalue weighted by atomic mass is 32.2. The fraction of sp³-hybridized carbons (Fsp3) is 0.543. The number of phenols is 1. The normalized spacial score (nSPS) is 13.2. The number of phenolic OH excluding ortho intramolecular Hbond substituents is 1. The summed E-state index contributed by atoms with van der Waals surface area (Å²) >= 11 is -1.34. The number of hydrogen-bond acceptors (Lipinski definition) is 5. The monoisotopic (exact) mass is 578 g/mol. The van der Waals surface area contributed by atoms with Crippen LogP contribution < -0.4 is 4.74 Å². The third kappa shape index (κ3) is 10.6. The standard InChI is InChI=1S/C35H50N2O3S/c1-4-6-7-8-9-10-11-12-13-14-15-16-17-21-31(5-2)41(39)33-27-28-20-18-19-22-32(28)34(35(33)38)37-36-29-23-25-30(40-3)26-24-29/h18-20,22-27,31,38H,4-17,21H2,1-3H3. The van der Waals surface area contributed by atoms with Crippen molar-refractivity contribution >= 4 is 33.3 Å². The maximum absolute atomic E-state index is 13.8. The summed E-state index contributed by atoms with van der Waals surface area (Å²) in [5.74, 6) is 0.701. The highest BCUT2D eigenvalue weighted by molar-refractivity contribution is 7.92. The molecule has 0 spiro atoms. The van der Waals surface area contributed by atoms with Crippen molar-refractivity contribution in [1.29, 1.82) is 0 Å². The molecular formula is C35H50N2O3S. The van der Waals surface area contributed by atoms with Gasteiger partial charge in [0.05, 0.1) is 12.8 Å². The molecule has 0 amide bonds. The second-order valence-corrected chi connectivity index (χ2v) is 12.8. The Morgan fingerprint density at radius 1 is 0.780 bits per heavy atom. The van der Waals surface area contributed by atoms with E-state index in [1.165, 1.54) is 77.0 Å². The van der Waals surface area contributed by atoms with E-state index in [9.17, 15) is 9.66 Å². The summed E-state index contributed by atoms with van der Waals surface area (Å²) in [6.07, 6.45) is 18.8. The summed E-state index contributed by atoms with van der Waals surface area (Å²) in [6, 6.07) is 16.9. The fourth-order valence-corrected chi connectivity index (χ4v) is 6.91. The minimum Gasteiger partial charge on any atom is -0.611 e. The molecule has 5 nitrogen and oxygen atoms in total. The molecule has 0 radical (unpaired) electrons. The molecule has 6 heteroatoms. The maximum Gasteiger partial charge on any atom is 0.200 e. The molecule has 0 aliphatic heterocycles. The molecule has 0 aromatic heterocycles. The van der Waals surface area contributed by atoms with Gasteiger partial charge in [0.1, 0.15) is 16.7 Å². The van der Waals surface area contributed by atoms with Gasteiger partial charge in [-0.3, -0.25) is 0 Å². The van der Waals surface area contributed by atoms with Crippen LogP contribution in [0.15, 0.2) is 69.7 Å². The van der Waals surface area contributed by atoms with Gasteiger partial charge < -0.3 is 14.4 Å². The molecule has 0 bridgehead atoms. The van der Waals surface area contributed by atoms with Gasteiger partial charge in [-0.15, -0.1) is 5.11 Å². The van der Waals surface area contributed by atoms with E-state index < -0.39 is 11.2 Å². The quantitative estimate of drug-likeness (QED) is 0.0822. The maximum atomic E-state index is 13.8. The Morgan fingerprint density at radius 2 is 1.37 bits per heavy atom. The number of nitrogens with zero attached hydrogens (tertiary/aromatic N) is 2. The van der Waals surface area contributed by atoms with E-state index >= 15 is 0 Å². The van der Waals surface area contributed by atoms with Gasteiger partial charge >= 0.3 is 0 Å². The number of methoxy groups -OCH3 is 1. The summed E-state index contributed by atoms with van der Waals surface area (Å²) in [4.78, 5) is 0.453. The number of aromatic hydroxyl groups is 1. The lowest BCUT2D eigenvalue weighted by atomic mass is 10.0. The molecule has 41 heavy (non-hydrogen) atoms. The molecule has 0 fully saturated rings. The van der Waals surface area contributed by atoms with Crippen LogP contribution in [-0.4, -0.2) is 22.0 Å². The van der Waals surface area contributed by atoms with E-state index in [2.05, 4.69) is 24.1 Å². The second kappa shape index (κ2) is 18.8. The Labute approximate surface area is 251 Å². The third-order valence-corrected chi connectivity index (χ3v) is 9.82. The van der Waals surface area contributed by atoms with Crippen molar-refractivity contribution in [3.63, 3.8) is 0 Å². The highest BCUT2D eigenvalue weighted by Crippen LogP contribution is 2.43. The van der Waals surface area contributed by atoms with Crippen LogP contribution in [-0.2, 0) is 11.2 Å². The molecule has 2 atom stereocenters. The number of ether oxygens (including phenoxy) is 1. The molecule has 1 N–H and O–H groups in total. The molecule has 3 aromatic carbocycles. The van der Waals surface area contributed by atoms with Crippen LogP contribution in [0.4, 0.5) is 11.4 Å².